The normalized spacial score (nSPS) is 21.9. The Balaban J connectivity index is 3.50. The van der Waals surface area contributed by atoms with Crippen molar-refractivity contribution in [3.63, 3.8) is 0 Å². The fourth-order valence-corrected chi connectivity index (χ4v) is 11.7. The van der Waals surface area contributed by atoms with E-state index in [0.29, 0.717) is 28.3 Å². The molecule has 2 heteroatoms. The fourth-order valence-electron chi connectivity index (χ4n) is 4.45. The first kappa shape index (κ1) is 15.7. The summed E-state index contributed by atoms with van der Waals surface area (Å²) in [4.78, 5) is 12.5. The van der Waals surface area contributed by atoms with Crippen LogP contribution < -0.4 is 0 Å². The zero-order chi connectivity index (χ0) is 14.2. The van der Waals surface area contributed by atoms with Gasteiger partial charge >= 0.3 is 0 Å². The monoisotopic (exact) mass is 266 g/mol. The standard InChI is InChI=1S/C16H30OSi/c1-10(2)18(11(3)4,12(5)6)16-14(8)13(7)9-15(16)17/h10-13H,9H2,1-8H3. The number of carbonyl (C=O) groups excluding carboxylic acids is 1. The molecule has 1 unspecified atom stereocenters. The van der Waals surface area contributed by atoms with Crippen molar-refractivity contribution >= 4 is 13.9 Å². The molecule has 0 fully saturated rings. The molecule has 0 aromatic heterocycles. The van der Waals surface area contributed by atoms with Gasteiger partial charge in [0.2, 0.25) is 0 Å². The Morgan fingerprint density at radius 3 is 1.61 bits per heavy atom. The third kappa shape index (κ3) is 2.13. The van der Waals surface area contributed by atoms with E-state index >= 15 is 0 Å². The maximum Gasteiger partial charge on any atom is 0.155 e. The van der Waals surface area contributed by atoms with Gasteiger partial charge in [0.25, 0.3) is 0 Å². The second-order valence-electron chi connectivity index (χ2n) is 6.98. The minimum Gasteiger partial charge on any atom is -0.295 e. The number of Topliss-reactive ketones (excluding diaryl/α,β-unsaturated/α-hetero) is 1. The zero-order valence-corrected chi connectivity index (χ0v) is 14.4. The Morgan fingerprint density at radius 1 is 1.00 bits per heavy atom. The van der Waals surface area contributed by atoms with Crippen LogP contribution in [0.3, 0.4) is 0 Å². The molecule has 0 heterocycles. The lowest BCUT2D eigenvalue weighted by molar-refractivity contribution is -0.114. The lowest BCUT2D eigenvalue weighted by Gasteiger charge is -2.44. The summed E-state index contributed by atoms with van der Waals surface area (Å²) in [5, 5.41) is 1.30. The molecule has 1 rings (SSSR count). The maximum absolute atomic E-state index is 12.5. The minimum absolute atomic E-state index is 0.461. The number of carbonyl (C=O) groups is 1. The van der Waals surface area contributed by atoms with Gasteiger partial charge in [0.15, 0.2) is 5.78 Å². The van der Waals surface area contributed by atoms with Crippen molar-refractivity contribution < 1.29 is 4.79 Å². The summed E-state index contributed by atoms with van der Waals surface area (Å²) in [6, 6.07) is 0. The van der Waals surface area contributed by atoms with Crippen LogP contribution >= 0.6 is 0 Å². The largest absolute Gasteiger partial charge is 0.295 e. The molecule has 0 aliphatic heterocycles. The maximum atomic E-state index is 12.5. The smallest absolute Gasteiger partial charge is 0.155 e. The third-order valence-electron chi connectivity index (χ3n) is 5.20. The number of hydrogen-bond acceptors (Lipinski definition) is 1. The number of rotatable bonds is 4. The Kier molecular flexibility index (Phi) is 4.64. The van der Waals surface area contributed by atoms with E-state index in [4.69, 9.17) is 0 Å². The highest BCUT2D eigenvalue weighted by atomic mass is 28.3. The summed E-state index contributed by atoms with van der Waals surface area (Å²) >= 11 is 0. The zero-order valence-electron chi connectivity index (χ0n) is 13.4. The summed E-state index contributed by atoms with van der Waals surface area (Å²) < 4.78 is 0. The van der Waals surface area contributed by atoms with E-state index in [-0.39, 0.29) is 0 Å². The van der Waals surface area contributed by atoms with Crippen LogP contribution in [0.15, 0.2) is 10.8 Å². The average molecular weight is 267 g/mol. The van der Waals surface area contributed by atoms with Crippen LogP contribution in [0.1, 0.15) is 61.8 Å². The Bertz CT molecular complexity index is 342. The van der Waals surface area contributed by atoms with Crippen LogP contribution in [-0.4, -0.2) is 13.9 Å². The van der Waals surface area contributed by atoms with E-state index in [1.165, 1.54) is 10.8 Å². The molecule has 1 atom stereocenters. The second-order valence-corrected chi connectivity index (χ2v) is 12.8. The van der Waals surface area contributed by atoms with Crippen molar-refractivity contribution in [2.75, 3.05) is 0 Å². The van der Waals surface area contributed by atoms with E-state index < -0.39 is 8.07 Å². The molecule has 0 amide bonds. The molecular formula is C16H30OSi. The van der Waals surface area contributed by atoms with Gasteiger partial charge in [0.05, 0.1) is 8.07 Å². The lowest BCUT2D eigenvalue weighted by Crippen LogP contribution is -2.48. The molecule has 1 nitrogen and oxygen atoms in total. The molecule has 0 bridgehead atoms. The van der Waals surface area contributed by atoms with E-state index in [9.17, 15) is 4.79 Å². The molecule has 0 radical (unpaired) electrons. The van der Waals surface area contributed by atoms with Gasteiger partial charge in [0.1, 0.15) is 0 Å². The third-order valence-corrected chi connectivity index (χ3v) is 12.5. The van der Waals surface area contributed by atoms with E-state index in [1.54, 1.807) is 0 Å². The molecule has 0 spiro atoms. The summed E-state index contributed by atoms with van der Waals surface area (Å²) in [5.74, 6) is 0.929. The molecule has 0 saturated heterocycles. The average Bonchev–Trinajstić information content (AvgIpc) is 2.44. The molecule has 0 aromatic rings. The van der Waals surface area contributed by atoms with Crippen molar-refractivity contribution in [1.82, 2.24) is 0 Å². The van der Waals surface area contributed by atoms with Gasteiger partial charge in [-0.15, -0.1) is 0 Å². The first-order valence-corrected chi connectivity index (χ1v) is 9.64. The summed E-state index contributed by atoms with van der Waals surface area (Å²) in [5.41, 5.74) is 3.31. The van der Waals surface area contributed by atoms with E-state index in [0.717, 1.165) is 6.42 Å². The molecule has 0 N–H and O–H groups in total. The quantitative estimate of drug-likeness (QED) is 0.645. The Morgan fingerprint density at radius 2 is 1.39 bits per heavy atom. The molecule has 0 aromatic carbocycles. The molecule has 18 heavy (non-hydrogen) atoms. The first-order valence-electron chi connectivity index (χ1n) is 7.41. The van der Waals surface area contributed by atoms with Gasteiger partial charge in [-0.2, -0.15) is 0 Å². The van der Waals surface area contributed by atoms with Crippen molar-refractivity contribution in [3.8, 4) is 0 Å². The second kappa shape index (κ2) is 5.32. The summed E-state index contributed by atoms with van der Waals surface area (Å²) in [6.45, 7) is 18.4. The lowest BCUT2D eigenvalue weighted by atomic mass is 10.1. The van der Waals surface area contributed by atoms with Crippen LogP contribution in [0.25, 0.3) is 0 Å². The van der Waals surface area contributed by atoms with Gasteiger partial charge in [-0.25, -0.2) is 0 Å². The Hall–Kier alpha value is -0.373. The number of allylic oxidation sites excluding steroid dienone is 2. The minimum atomic E-state index is -1.73. The van der Waals surface area contributed by atoms with Crippen LogP contribution in [0, 0.1) is 5.92 Å². The molecule has 1 aliphatic rings. The van der Waals surface area contributed by atoms with Gasteiger partial charge in [-0.3, -0.25) is 4.79 Å². The van der Waals surface area contributed by atoms with Crippen molar-refractivity contribution in [2.24, 2.45) is 5.92 Å². The highest BCUT2D eigenvalue weighted by Crippen LogP contribution is 2.50. The topological polar surface area (TPSA) is 17.1 Å². The van der Waals surface area contributed by atoms with E-state index in [1.807, 2.05) is 0 Å². The van der Waals surface area contributed by atoms with Crippen molar-refractivity contribution in [1.29, 1.82) is 0 Å². The SMILES string of the molecule is CC1=C([Si](C(C)C)(C(C)C)C(C)C)C(=O)CC1C. The summed E-state index contributed by atoms with van der Waals surface area (Å²) in [6.07, 6.45) is 0.752. The fraction of sp³-hybridized carbons (Fsp3) is 0.812. The highest BCUT2D eigenvalue weighted by molar-refractivity contribution is 6.93. The van der Waals surface area contributed by atoms with Crippen LogP contribution in [-0.2, 0) is 4.79 Å². The van der Waals surface area contributed by atoms with E-state index in [2.05, 4.69) is 55.4 Å². The first-order chi connectivity index (χ1) is 8.17. The molecular weight excluding hydrogens is 236 g/mol. The van der Waals surface area contributed by atoms with Gasteiger partial charge < -0.3 is 0 Å². The number of ketones is 1. The van der Waals surface area contributed by atoms with Gasteiger partial charge in [0, 0.05) is 6.42 Å². The highest BCUT2D eigenvalue weighted by Gasteiger charge is 2.50. The Labute approximate surface area is 114 Å². The van der Waals surface area contributed by atoms with Crippen molar-refractivity contribution in [3.05, 3.63) is 10.8 Å². The summed E-state index contributed by atoms with van der Waals surface area (Å²) in [7, 11) is -1.73. The van der Waals surface area contributed by atoms with Crippen molar-refractivity contribution in [2.45, 2.75) is 78.4 Å². The van der Waals surface area contributed by atoms with Gasteiger partial charge in [-0.1, -0.05) is 54.0 Å². The number of hydrogen-bond donors (Lipinski definition) is 0. The molecule has 0 saturated carbocycles. The predicted octanol–water partition coefficient (Wildman–Crippen LogP) is 5.13. The van der Waals surface area contributed by atoms with Crippen LogP contribution in [0.2, 0.25) is 16.6 Å². The molecule has 104 valence electrons. The predicted molar refractivity (Wildman–Crippen MR) is 82.5 cm³/mol. The molecule has 1 aliphatic carbocycles. The van der Waals surface area contributed by atoms with Crippen LogP contribution in [0.5, 0.6) is 0 Å². The van der Waals surface area contributed by atoms with Gasteiger partial charge in [-0.05, 0) is 34.7 Å². The van der Waals surface area contributed by atoms with Crippen LogP contribution in [0.4, 0.5) is 0 Å².